The van der Waals surface area contributed by atoms with Gasteiger partial charge in [0.15, 0.2) is 0 Å². The standard InChI is InChI=1S/C42H50N4O7/c47-35-14-12-33(34-13-15-38(49)44-40(34)35)36(48)27-43-20-4-5-25-52-32-10-8-29(9-11-32)26-39(50)46-23-18-42(19-24-46,31-6-2-1-3-7-31)41(51)53-37-28-45-21-16-30(37)17-22-45/h1-3,6-15,30,36-37,43,47-48H,4-5,16-28H2,(H,44,49)/t36?,37-/m0/s1. The van der Waals surface area contributed by atoms with E-state index in [0.29, 0.717) is 68.0 Å². The van der Waals surface area contributed by atoms with Gasteiger partial charge >= 0.3 is 5.97 Å². The lowest BCUT2D eigenvalue weighted by Crippen LogP contribution is -2.55. The Kier molecular flexibility index (Phi) is 11.4. The number of aromatic nitrogens is 1. The molecule has 1 amide bonds. The van der Waals surface area contributed by atoms with Crippen molar-refractivity contribution in [1.82, 2.24) is 20.1 Å². The maximum atomic E-state index is 13.9. The number of benzene rings is 3. The number of phenols is 1. The zero-order chi connectivity index (χ0) is 36.8. The van der Waals surface area contributed by atoms with Crippen molar-refractivity contribution in [2.45, 2.75) is 62.6 Å². The third kappa shape index (κ3) is 8.43. The number of aliphatic hydroxyl groups excluding tert-OH is 1. The maximum absolute atomic E-state index is 13.9. The van der Waals surface area contributed by atoms with E-state index in [4.69, 9.17) is 9.47 Å². The molecule has 0 aliphatic carbocycles. The van der Waals surface area contributed by atoms with Gasteiger partial charge in [-0.1, -0.05) is 48.5 Å². The number of piperidine rings is 4. The first-order valence-electron chi connectivity index (χ1n) is 19.0. The lowest BCUT2D eigenvalue weighted by atomic mass is 9.72. The molecule has 2 bridgehead atoms. The fourth-order valence-corrected chi connectivity index (χ4v) is 8.23. The number of rotatable bonds is 14. The minimum absolute atomic E-state index is 0.0341. The first-order chi connectivity index (χ1) is 25.8. The van der Waals surface area contributed by atoms with E-state index in [1.54, 1.807) is 12.1 Å². The summed E-state index contributed by atoms with van der Waals surface area (Å²) in [7, 11) is 0. The first-order valence-corrected chi connectivity index (χ1v) is 19.0. The SMILES string of the molecule is O=C(Cc1ccc(OCCCCNCC(O)c2ccc(O)c3[nH]c(=O)ccc23)cc1)N1CCC(C(=O)O[C@H]2CN3CCC2CC3)(c2ccccc2)CC1. The van der Waals surface area contributed by atoms with Crippen LogP contribution in [0.3, 0.4) is 0 Å². The molecule has 3 aromatic carbocycles. The van der Waals surface area contributed by atoms with Gasteiger partial charge in [-0.2, -0.15) is 0 Å². The molecule has 5 heterocycles. The normalized spacial score (nSPS) is 21.3. The monoisotopic (exact) mass is 722 g/mol. The number of hydrogen-bond acceptors (Lipinski definition) is 9. The van der Waals surface area contributed by atoms with Crippen LogP contribution < -0.4 is 15.6 Å². The number of nitrogens with zero attached hydrogens (tertiary/aromatic N) is 2. The highest BCUT2D eigenvalue weighted by molar-refractivity contribution is 5.87. The van der Waals surface area contributed by atoms with E-state index < -0.39 is 11.5 Å². The Morgan fingerprint density at radius 1 is 0.925 bits per heavy atom. The van der Waals surface area contributed by atoms with Crippen LogP contribution in [0.2, 0.25) is 0 Å². The number of ether oxygens (including phenoxy) is 2. The maximum Gasteiger partial charge on any atom is 0.317 e. The van der Waals surface area contributed by atoms with Crippen LogP contribution in [0.4, 0.5) is 0 Å². The molecule has 4 N–H and O–H groups in total. The number of aromatic hydroxyl groups is 1. The second-order valence-electron chi connectivity index (χ2n) is 14.8. The van der Waals surface area contributed by atoms with Crippen LogP contribution in [0, 0.1) is 5.92 Å². The minimum Gasteiger partial charge on any atom is -0.506 e. The van der Waals surface area contributed by atoms with Crippen LogP contribution in [-0.2, 0) is 26.2 Å². The molecular formula is C42H50N4O7. The van der Waals surface area contributed by atoms with E-state index in [1.165, 1.54) is 12.1 Å². The number of esters is 1. The topological polar surface area (TPSA) is 144 Å². The Morgan fingerprint density at radius 2 is 1.68 bits per heavy atom. The average Bonchev–Trinajstić information content (AvgIpc) is 3.19. The van der Waals surface area contributed by atoms with E-state index in [0.717, 1.165) is 62.2 Å². The molecule has 0 radical (unpaired) electrons. The molecule has 4 aliphatic heterocycles. The summed E-state index contributed by atoms with van der Waals surface area (Å²) in [6.45, 7) is 5.59. The van der Waals surface area contributed by atoms with E-state index in [1.807, 2.05) is 59.5 Å². The fourth-order valence-electron chi connectivity index (χ4n) is 8.23. The summed E-state index contributed by atoms with van der Waals surface area (Å²) in [6.07, 6.45) is 4.38. The molecule has 8 rings (SSSR count). The Morgan fingerprint density at radius 3 is 2.40 bits per heavy atom. The number of carbonyl (C=O) groups is 2. The van der Waals surface area contributed by atoms with E-state index in [9.17, 15) is 24.6 Å². The fraction of sp³-hybridized carbons (Fsp3) is 0.452. The Labute approximate surface area is 309 Å². The average molecular weight is 723 g/mol. The first kappa shape index (κ1) is 36.6. The van der Waals surface area contributed by atoms with Gasteiger partial charge in [0.2, 0.25) is 11.5 Å². The van der Waals surface area contributed by atoms with Crippen molar-refractivity contribution >= 4 is 22.8 Å². The predicted molar refractivity (Wildman–Crippen MR) is 202 cm³/mol. The molecular weight excluding hydrogens is 672 g/mol. The summed E-state index contributed by atoms with van der Waals surface area (Å²) in [5.41, 5.74) is 1.78. The molecule has 53 heavy (non-hydrogen) atoms. The molecule has 2 atom stereocenters. The minimum atomic E-state index is -0.799. The van der Waals surface area contributed by atoms with Gasteiger partial charge in [-0.3, -0.25) is 19.3 Å². The van der Waals surface area contributed by atoms with Crippen molar-refractivity contribution in [2.24, 2.45) is 5.92 Å². The van der Waals surface area contributed by atoms with Crippen LogP contribution in [0.5, 0.6) is 11.5 Å². The zero-order valence-electron chi connectivity index (χ0n) is 30.2. The number of nitrogens with one attached hydrogen (secondary N) is 2. The lowest BCUT2D eigenvalue weighted by Gasteiger charge is -2.46. The number of hydrogen-bond donors (Lipinski definition) is 4. The molecule has 4 aromatic rings. The van der Waals surface area contributed by atoms with Crippen LogP contribution in [0.1, 0.15) is 61.3 Å². The molecule has 1 aromatic heterocycles. The number of carbonyl (C=O) groups excluding carboxylic acids is 2. The highest BCUT2D eigenvalue weighted by Crippen LogP contribution is 2.39. The summed E-state index contributed by atoms with van der Waals surface area (Å²) < 4.78 is 12.2. The number of aliphatic hydroxyl groups is 1. The van der Waals surface area contributed by atoms with Crippen LogP contribution in [0.15, 0.2) is 83.7 Å². The smallest absolute Gasteiger partial charge is 0.317 e. The van der Waals surface area contributed by atoms with Crippen LogP contribution in [0.25, 0.3) is 10.9 Å². The van der Waals surface area contributed by atoms with Crippen molar-refractivity contribution in [1.29, 1.82) is 0 Å². The van der Waals surface area contributed by atoms with Gasteiger partial charge < -0.3 is 34.9 Å². The molecule has 0 spiro atoms. The van der Waals surface area contributed by atoms with Crippen molar-refractivity contribution in [3.05, 3.63) is 106 Å². The van der Waals surface area contributed by atoms with Crippen molar-refractivity contribution in [2.75, 3.05) is 52.4 Å². The van der Waals surface area contributed by atoms with E-state index in [2.05, 4.69) is 15.2 Å². The highest BCUT2D eigenvalue weighted by atomic mass is 16.5. The van der Waals surface area contributed by atoms with Gasteiger partial charge in [0.1, 0.15) is 17.6 Å². The van der Waals surface area contributed by atoms with Crippen molar-refractivity contribution in [3.63, 3.8) is 0 Å². The summed E-state index contributed by atoms with van der Waals surface area (Å²) in [5.74, 6) is 1.07. The lowest BCUT2D eigenvalue weighted by molar-refractivity contribution is -0.168. The second-order valence-corrected chi connectivity index (χ2v) is 14.8. The van der Waals surface area contributed by atoms with Gasteiger partial charge in [0.25, 0.3) is 0 Å². The summed E-state index contributed by atoms with van der Waals surface area (Å²) in [6, 6.07) is 23.8. The second kappa shape index (κ2) is 16.5. The third-order valence-corrected chi connectivity index (χ3v) is 11.4. The van der Waals surface area contributed by atoms with E-state index >= 15 is 0 Å². The summed E-state index contributed by atoms with van der Waals surface area (Å²) in [5, 5.41) is 24.7. The Balaban J connectivity index is 0.832. The number of unbranched alkanes of at least 4 members (excludes halogenated alkanes) is 1. The number of likely N-dealkylation sites (tertiary alicyclic amines) is 1. The molecule has 0 saturated carbocycles. The van der Waals surface area contributed by atoms with Crippen LogP contribution in [-0.4, -0.2) is 95.4 Å². The number of amides is 1. The third-order valence-electron chi connectivity index (χ3n) is 11.4. The highest BCUT2D eigenvalue weighted by Gasteiger charge is 2.47. The van der Waals surface area contributed by atoms with Crippen LogP contribution >= 0.6 is 0 Å². The molecule has 1 unspecified atom stereocenters. The zero-order valence-corrected chi connectivity index (χ0v) is 30.2. The number of pyridine rings is 1. The molecule has 4 aliphatic rings. The van der Waals surface area contributed by atoms with Gasteiger partial charge in [-0.25, -0.2) is 0 Å². The van der Waals surface area contributed by atoms with Gasteiger partial charge in [0, 0.05) is 37.6 Å². The van der Waals surface area contributed by atoms with Gasteiger partial charge in [0.05, 0.1) is 30.1 Å². The molecule has 4 saturated heterocycles. The van der Waals surface area contributed by atoms with Gasteiger partial charge in [-0.15, -0.1) is 0 Å². The molecule has 11 heteroatoms. The van der Waals surface area contributed by atoms with E-state index in [-0.39, 0.29) is 35.7 Å². The quantitative estimate of drug-likeness (QED) is 0.110. The summed E-state index contributed by atoms with van der Waals surface area (Å²) in [4.78, 5) is 45.9. The number of aromatic amines is 1. The summed E-state index contributed by atoms with van der Waals surface area (Å²) >= 11 is 0. The van der Waals surface area contributed by atoms with Crippen molar-refractivity contribution < 1.29 is 29.3 Å². The number of fused-ring (bicyclic) bond motifs is 4. The Hall–Kier alpha value is -4.71. The molecule has 280 valence electrons. The van der Waals surface area contributed by atoms with Gasteiger partial charge in [-0.05, 0) is 105 Å². The largest absolute Gasteiger partial charge is 0.506 e. The molecule has 4 fully saturated rings. The number of phenolic OH excluding ortho intramolecular Hbond substituents is 1. The predicted octanol–water partition coefficient (Wildman–Crippen LogP) is 4.46. The van der Waals surface area contributed by atoms with Crippen molar-refractivity contribution in [3.8, 4) is 11.5 Å². The number of H-pyrrole nitrogens is 1. The molecule has 11 nitrogen and oxygen atoms in total. The Bertz CT molecular complexity index is 1920.